The molecule has 0 aromatic carbocycles. The van der Waals surface area contributed by atoms with Crippen LogP contribution >= 0.6 is 0 Å². The van der Waals surface area contributed by atoms with Gasteiger partial charge in [0.2, 0.25) is 0 Å². The van der Waals surface area contributed by atoms with Crippen LogP contribution in [0.5, 0.6) is 5.75 Å². The van der Waals surface area contributed by atoms with Gasteiger partial charge in [0.1, 0.15) is 5.75 Å². The van der Waals surface area contributed by atoms with Gasteiger partial charge in [0.05, 0.1) is 12.8 Å². The van der Waals surface area contributed by atoms with Crippen LogP contribution in [0, 0.1) is 0 Å². The molecule has 7 nitrogen and oxygen atoms in total. The van der Waals surface area contributed by atoms with Crippen molar-refractivity contribution in [2.24, 2.45) is 0 Å². The van der Waals surface area contributed by atoms with Gasteiger partial charge in [0.15, 0.2) is 5.60 Å². The molecule has 2 rings (SSSR count). The first-order valence-corrected chi connectivity index (χ1v) is 6.68. The fraction of sp³-hybridized carbons (Fsp3) is 0.188. The zero-order chi connectivity index (χ0) is 17.0. The molecule has 0 amide bonds. The van der Waals surface area contributed by atoms with E-state index in [1.165, 1.54) is 0 Å². The van der Waals surface area contributed by atoms with E-state index in [4.69, 9.17) is 14.9 Å². The number of rotatable bonds is 6. The molecule has 2 aliphatic carbocycles. The first kappa shape index (κ1) is 16.4. The summed E-state index contributed by atoms with van der Waals surface area (Å²) < 4.78 is 5.08. The van der Waals surface area contributed by atoms with Crippen LogP contribution in [-0.2, 0) is 14.4 Å². The Kier molecular flexibility index (Phi) is 4.61. The smallest absolute Gasteiger partial charge is 0.336 e. The Morgan fingerprint density at radius 3 is 2.30 bits per heavy atom. The normalized spacial score (nSPS) is 13.3. The maximum absolute atomic E-state index is 11.9. The number of fused-ring (bicyclic) bond motifs is 1. The predicted molar refractivity (Wildman–Crippen MR) is 78.2 cm³/mol. The monoisotopic (exact) mass is 318 g/mol. The molecule has 1 unspecified atom stereocenters. The molecule has 1 atom stereocenters. The number of aliphatic carboxylic acids is 2. The van der Waals surface area contributed by atoms with E-state index in [2.05, 4.69) is 0 Å². The minimum absolute atomic E-state index is 0.212. The van der Waals surface area contributed by atoms with Crippen LogP contribution in [-0.4, -0.2) is 38.8 Å². The van der Waals surface area contributed by atoms with Crippen molar-refractivity contribution < 1.29 is 34.4 Å². The summed E-state index contributed by atoms with van der Waals surface area (Å²) in [6, 6.07) is 12.1. The van der Waals surface area contributed by atoms with Crippen molar-refractivity contribution in [1.29, 1.82) is 0 Å². The minimum Gasteiger partial charge on any atom is -0.481 e. The molecular weight excluding hydrogens is 304 g/mol. The third-order valence-electron chi connectivity index (χ3n) is 3.25. The van der Waals surface area contributed by atoms with Crippen molar-refractivity contribution in [2.45, 2.75) is 18.4 Å². The zero-order valence-electron chi connectivity index (χ0n) is 11.9. The molecule has 2 aliphatic rings. The lowest BCUT2D eigenvalue weighted by atomic mass is 9.96. The summed E-state index contributed by atoms with van der Waals surface area (Å²) in [5, 5.41) is 27.4. The Morgan fingerprint density at radius 2 is 1.65 bits per heavy atom. The van der Waals surface area contributed by atoms with Crippen molar-refractivity contribution in [1.82, 2.24) is 0 Å². The lowest BCUT2D eigenvalue weighted by Gasteiger charge is -2.20. The molecule has 23 heavy (non-hydrogen) atoms. The first-order valence-electron chi connectivity index (χ1n) is 6.68. The second kappa shape index (κ2) is 6.45. The number of carbonyl (C=O) groups excluding carboxylic acids is 1. The largest absolute Gasteiger partial charge is 0.481 e. The summed E-state index contributed by atoms with van der Waals surface area (Å²) in [5.74, 6) is -4.15. The highest BCUT2D eigenvalue weighted by atomic mass is 16.5. The van der Waals surface area contributed by atoms with Gasteiger partial charge in [-0.05, 0) is 11.6 Å². The number of hydrogen-bond donors (Lipinski definition) is 3. The van der Waals surface area contributed by atoms with Gasteiger partial charge in [-0.25, -0.2) is 4.79 Å². The van der Waals surface area contributed by atoms with Gasteiger partial charge in [-0.15, -0.1) is 0 Å². The van der Waals surface area contributed by atoms with E-state index in [-0.39, 0.29) is 5.75 Å². The van der Waals surface area contributed by atoms with Gasteiger partial charge in [-0.1, -0.05) is 36.4 Å². The van der Waals surface area contributed by atoms with E-state index in [0.717, 1.165) is 5.56 Å². The van der Waals surface area contributed by atoms with E-state index < -0.39 is 36.4 Å². The number of carboxylic acid groups (broad SMARTS) is 2. The van der Waals surface area contributed by atoms with Gasteiger partial charge < -0.3 is 20.1 Å². The molecular formula is C16H14O7. The molecule has 0 saturated heterocycles. The number of hydrogen-bond acceptors (Lipinski definition) is 5. The lowest BCUT2D eigenvalue weighted by molar-refractivity contribution is -0.169. The predicted octanol–water partition coefficient (Wildman–Crippen LogP) is 1.38. The summed E-state index contributed by atoms with van der Waals surface area (Å²) in [6.45, 7) is 0. The fourth-order valence-electron chi connectivity index (χ4n) is 2.14. The molecule has 0 aliphatic heterocycles. The van der Waals surface area contributed by atoms with Gasteiger partial charge >= 0.3 is 17.9 Å². The molecule has 3 N–H and O–H groups in total. The van der Waals surface area contributed by atoms with Crippen LogP contribution in [0.2, 0.25) is 0 Å². The fourth-order valence-corrected chi connectivity index (χ4v) is 2.14. The van der Waals surface area contributed by atoms with E-state index in [9.17, 15) is 19.5 Å². The van der Waals surface area contributed by atoms with Crippen LogP contribution in [0.15, 0.2) is 42.5 Å². The van der Waals surface area contributed by atoms with Crippen molar-refractivity contribution in [3.63, 3.8) is 0 Å². The average molecular weight is 318 g/mol. The van der Waals surface area contributed by atoms with Crippen LogP contribution in [0.1, 0.15) is 12.8 Å². The highest BCUT2D eigenvalue weighted by Gasteiger charge is 2.41. The second-order valence-corrected chi connectivity index (χ2v) is 5.04. The topological polar surface area (TPSA) is 121 Å². The second-order valence-electron chi connectivity index (χ2n) is 5.04. The Balaban J connectivity index is 2.15. The number of carboxylic acids is 2. The highest BCUT2D eigenvalue weighted by Crippen LogP contribution is 2.33. The number of aliphatic hydroxyl groups is 1. The minimum atomic E-state index is -2.71. The molecule has 0 bridgehead atoms. The average Bonchev–Trinajstić information content (AvgIpc) is 2.67. The van der Waals surface area contributed by atoms with E-state index in [1.807, 2.05) is 12.1 Å². The van der Waals surface area contributed by atoms with Crippen LogP contribution in [0.3, 0.4) is 0 Å². The summed E-state index contributed by atoms with van der Waals surface area (Å²) in [6.07, 6.45) is -2.07. The lowest BCUT2D eigenvalue weighted by Crippen LogP contribution is -2.43. The van der Waals surface area contributed by atoms with Crippen LogP contribution in [0.25, 0.3) is 11.1 Å². The Hall–Kier alpha value is -2.93. The molecule has 120 valence electrons. The molecule has 0 fully saturated rings. The maximum atomic E-state index is 11.9. The van der Waals surface area contributed by atoms with Gasteiger partial charge in [-0.3, -0.25) is 9.59 Å². The molecule has 0 radical (unpaired) electrons. The Morgan fingerprint density at radius 1 is 0.957 bits per heavy atom. The summed E-state index contributed by atoms with van der Waals surface area (Å²) >= 11 is 0. The standard InChI is InChI=1S/C16H14O7/c17-13(18)8-16(22,15(20)21)9-14(19)23-12-7-6-10-4-2-1-3-5-11(10)12/h1-7,22H,8-9H2,(H,17,18)(H,20,21). The summed E-state index contributed by atoms with van der Waals surface area (Å²) in [4.78, 5) is 33.6. The molecule has 0 aromatic rings. The van der Waals surface area contributed by atoms with E-state index in [0.29, 0.717) is 5.56 Å². The van der Waals surface area contributed by atoms with Gasteiger partial charge in [0.25, 0.3) is 0 Å². The molecule has 0 aromatic heterocycles. The molecule has 7 heteroatoms. The summed E-state index contributed by atoms with van der Waals surface area (Å²) in [7, 11) is 0. The molecule has 0 saturated carbocycles. The van der Waals surface area contributed by atoms with Crippen molar-refractivity contribution in [3.8, 4) is 16.9 Å². The van der Waals surface area contributed by atoms with Crippen molar-refractivity contribution >= 4 is 17.9 Å². The quantitative estimate of drug-likeness (QED) is 0.688. The zero-order valence-corrected chi connectivity index (χ0v) is 11.9. The van der Waals surface area contributed by atoms with Crippen LogP contribution in [0.4, 0.5) is 0 Å². The third kappa shape index (κ3) is 3.83. The first-order chi connectivity index (χ1) is 10.8. The van der Waals surface area contributed by atoms with Crippen LogP contribution < -0.4 is 4.74 Å². The number of esters is 1. The Labute approximate surface area is 131 Å². The SMILES string of the molecule is O=C(O)CC(O)(CC(=O)Oc1ccc2cccccc1-2)C(=O)O. The summed E-state index contributed by atoms with van der Waals surface area (Å²) in [5.41, 5.74) is -1.26. The number of carbonyl (C=O) groups is 3. The van der Waals surface area contributed by atoms with E-state index in [1.54, 1.807) is 30.3 Å². The molecule has 0 heterocycles. The van der Waals surface area contributed by atoms with Gasteiger partial charge in [0, 0.05) is 5.56 Å². The van der Waals surface area contributed by atoms with Gasteiger partial charge in [-0.2, -0.15) is 0 Å². The van der Waals surface area contributed by atoms with E-state index >= 15 is 0 Å². The van der Waals surface area contributed by atoms with Crippen molar-refractivity contribution in [3.05, 3.63) is 42.5 Å². The number of ether oxygens (including phenoxy) is 1. The van der Waals surface area contributed by atoms with Crippen molar-refractivity contribution in [2.75, 3.05) is 0 Å². The Bertz CT molecular complexity index is 724. The maximum Gasteiger partial charge on any atom is 0.336 e. The third-order valence-corrected chi connectivity index (χ3v) is 3.25. The highest BCUT2D eigenvalue weighted by molar-refractivity contribution is 5.89. The molecule has 0 spiro atoms.